The Labute approximate surface area is 145 Å². The van der Waals surface area contributed by atoms with Crippen LogP contribution in [-0.2, 0) is 6.54 Å². The summed E-state index contributed by atoms with van der Waals surface area (Å²) < 4.78 is 18.7. The van der Waals surface area contributed by atoms with Crippen LogP contribution >= 0.6 is 0 Å². The second-order valence-corrected chi connectivity index (χ2v) is 5.58. The molecule has 0 fully saturated rings. The summed E-state index contributed by atoms with van der Waals surface area (Å²) in [6.45, 7) is 1.20. The first-order valence-electron chi connectivity index (χ1n) is 8.11. The van der Waals surface area contributed by atoms with Gasteiger partial charge in [0.15, 0.2) is 11.6 Å². The third kappa shape index (κ3) is 3.08. The van der Waals surface area contributed by atoms with Crippen LogP contribution in [0.15, 0.2) is 71.3 Å². The average molecular weight is 334 g/mol. The molecule has 0 atom stereocenters. The number of para-hydroxylation sites is 2. The zero-order chi connectivity index (χ0) is 17.1. The maximum absolute atomic E-state index is 5.87. The fraction of sp³-hybridized carbons (Fsp3) is 0.150. The van der Waals surface area contributed by atoms with E-state index in [0.29, 0.717) is 13.2 Å². The molecule has 0 aliphatic carbocycles. The first-order chi connectivity index (χ1) is 12.3. The van der Waals surface area contributed by atoms with E-state index in [0.717, 1.165) is 34.1 Å². The number of furan rings is 1. The molecule has 4 rings (SSSR count). The number of fused-ring (bicyclic) bond motifs is 1. The van der Waals surface area contributed by atoms with Crippen LogP contribution < -0.4 is 9.47 Å². The Morgan fingerprint density at radius 1 is 0.960 bits per heavy atom. The van der Waals surface area contributed by atoms with Gasteiger partial charge in [0.2, 0.25) is 0 Å². The summed E-state index contributed by atoms with van der Waals surface area (Å²) in [5, 5.41) is 0. The fourth-order valence-corrected chi connectivity index (χ4v) is 2.82. The lowest BCUT2D eigenvalue weighted by molar-refractivity contribution is 0.300. The lowest BCUT2D eigenvalue weighted by Crippen LogP contribution is -2.09. The van der Waals surface area contributed by atoms with Crippen molar-refractivity contribution < 1.29 is 13.9 Å². The monoisotopic (exact) mass is 334 g/mol. The Balaban J connectivity index is 1.56. The molecule has 0 unspecified atom stereocenters. The minimum Gasteiger partial charge on any atom is -0.497 e. The SMILES string of the molecule is COc1ccc(OCCn2c(-c3ccco3)nc3ccccc32)cc1. The van der Waals surface area contributed by atoms with Crippen LogP contribution in [0.25, 0.3) is 22.6 Å². The second kappa shape index (κ2) is 6.73. The molecule has 0 saturated heterocycles. The molecule has 0 amide bonds. The third-order valence-corrected chi connectivity index (χ3v) is 4.04. The van der Waals surface area contributed by atoms with E-state index in [4.69, 9.17) is 18.9 Å². The highest BCUT2D eigenvalue weighted by molar-refractivity contribution is 5.79. The number of methoxy groups -OCH3 is 1. The Morgan fingerprint density at radius 2 is 1.76 bits per heavy atom. The van der Waals surface area contributed by atoms with Gasteiger partial charge in [-0.25, -0.2) is 4.98 Å². The first kappa shape index (κ1) is 15.3. The molecule has 2 aromatic heterocycles. The van der Waals surface area contributed by atoms with Gasteiger partial charge in [-0.3, -0.25) is 0 Å². The van der Waals surface area contributed by atoms with Crippen LogP contribution in [-0.4, -0.2) is 23.3 Å². The smallest absolute Gasteiger partial charge is 0.177 e. The van der Waals surface area contributed by atoms with Gasteiger partial charge in [0.1, 0.15) is 18.1 Å². The molecule has 0 saturated carbocycles. The number of hydrogen-bond donors (Lipinski definition) is 0. The summed E-state index contributed by atoms with van der Waals surface area (Å²) in [5.74, 6) is 3.18. The van der Waals surface area contributed by atoms with Crippen LogP contribution in [0.2, 0.25) is 0 Å². The van der Waals surface area contributed by atoms with Crippen molar-refractivity contribution in [2.45, 2.75) is 6.54 Å². The van der Waals surface area contributed by atoms with Gasteiger partial charge in [-0.15, -0.1) is 0 Å². The predicted molar refractivity (Wildman–Crippen MR) is 95.9 cm³/mol. The van der Waals surface area contributed by atoms with Gasteiger partial charge in [0, 0.05) is 0 Å². The van der Waals surface area contributed by atoms with Crippen molar-refractivity contribution in [3.63, 3.8) is 0 Å². The quantitative estimate of drug-likeness (QED) is 0.525. The topological polar surface area (TPSA) is 49.4 Å². The first-order valence-corrected chi connectivity index (χ1v) is 8.11. The summed E-state index contributed by atoms with van der Waals surface area (Å²) in [6.07, 6.45) is 1.66. The highest BCUT2D eigenvalue weighted by Gasteiger charge is 2.14. The van der Waals surface area contributed by atoms with Gasteiger partial charge in [-0.2, -0.15) is 0 Å². The van der Waals surface area contributed by atoms with Gasteiger partial charge in [0.25, 0.3) is 0 Å². The summed E-state index contributed by atoms with van der Waals surface area (Å²) in [6, 6.07) is 19.4. The van der Waals surface area contributed by atoms with Crippen LogP contribution in [0.3, 0.4) is 0 Å². The number of nitrogens with zero attached hydrogens (tertiary/aromatic N) is 2. The van der Waals surface area contributed by atoms with E-state index in [2.05, 4.69) is 10.6 Å². The van der Waals surface area contributed by atoms with E-state index in [1.165, 1.54) is 0 Å². The minimum absolute atomic E-state index is 0.528. The highest BCUT2D eigenvalue weighted by Crippen LogP contribution is 2.25. The fourth-order valence-electron chi connectivity index (χ4n) is 2.82. The number of imidazole rings is 1. The van der Waals surface area contributed by atoms with Crippen LogP contribution in [0, 0.1) is 0 Å². The van der Waals surface area contributed by atoms with Gasteiger partial charge >= 0.3 is 0 Å². The van der Waals surface area contributed by atoms with E-state index in [-0.39, 0.29) is 0 Å². The molecule has 0 spiro atoms. The van der Waals surface area contributed by atoms with Crippen LogP contribution in [0.5, 0.6) is 11.5 Å². The van der Waals surface area contributed by atoms with E-state index >= 15 is 0 Å². The number of aromatic nitrogens is 2. The molecule has 0 radical (unpaired) electrons. The Bertz CT molecular complexity index is 956. The van der Waals surface area contributed by atoms with Gasteiger partial charge in [0.05, 0.1) is 31.0 Å². The molecular weight excluding hydrogens is 316 g/mol. The molecule has 126 valence electrons. The van der Waals surface area contributed by atoms with E-state index in [1.807, 2.05) is 54.6 Å². The van der Waals surface area contributed by atoms with Crippen molar-refractivity contribution in [3.05, 3.63) is 66.9 Å². The van der Waals surface area contributed by atoms with E-state index in [9.17, 15) is 0 Å². The standard InChI is InChI=1S/C20H18N2O3/c1-23-15-8-10-16(11-9-15)24-14-12-22-18-6-3-2-5-17(18)21-20(22)19-7-4-13-25-19/h2-11,13H,12,14H2,1H3. The third-order valence-electron chi connectivity index (χ3n) is 4.04. The summed E-state index contributed by atoms with van der Waals surface area (Å²) >= 11 is 0. The van der Waals surface area contributed by atoms with Crippen molar-refractivity contribution >= 4 is 11.0 Å². The average Bonchev–Trinajstić information content (AvgIpc) is 3.30. The normalized spacial score (nSPS) is 10.9. The van der Waals surface area contributed by atoms with Crippen LogP contribution in [0.4, 0.5) is 0 Å². The van der Waals surface area contributed by atoms with Gasteiger partial charge in [-0.05, 0) is 48.5 Å². The molecule has 25 heavy (non-hydrogen) atoms. The Kier molecular flexibility index (Phi) is 4.12. The van der Waals surface area contributed by atoms with Crippen molar-refractivity contribution in [2.24, 2.45) is 0 Å². The molecule has 0 bridgehead atoms. The zero-order valence-electron chi connectivity index (χ0n) is 13.9. The lowest BCUT2D eigenvalue weighted by atomic mass is 10.3. The second-order valence-electron chi connectivity index (χ2n) is 5.58. The van der Waals surface area contributed by atoms with Gasteiger partial charge in [-0.1, -0.05) is 12.1 Å². The molecular formula is C20H18N2O3. The molecule has 0 N–H and O–H groups in total. The Hall–Kier alpha value is -3.21. The molecule has 0 aliphatic rings. The lowest BCUT2D eigenvalue weighted by Gasteiger charge is -2.10. The van der Waals surface area contributed by atoms with Crippen molar-refractivity contribution in [1.29, 1.82) is 0 Å². The zero-order valence-corrected chi connectivity index (χ0v) is 13.9. The van der Waals surface area contributed by atoms with E-state index < -0.39 is 0 Å². The molecule has 2 aromatic carbocycles. The van der Waals surface area contributed by atoms with Crippen LogP contribution in [0.1, 0.15) is 0 Å². The van der Waals surface area contributed by atoms with Gasteiger partial charge < -0.3 is 18.5 Å². The number of hydrogen-bond acceptors (Lipinski definition) is 4. The maximum Gasteiger partial charge on any atom is 0.177 e. The van der Waals surface area contributed by atoms with Crippen molar-refractivity contribution in [3.8, 4) is 23.1 Å². The molecule has 2 heterocycles. The molecule has 5 nitrogen and oxygen atoms in total. The molecule has 0 aliphatic heterocycles. The number of benzene rings is 2. The molecule has 4 aromatic rings. The van der Waals surface area contributed by atoms with Crippen molar-refractivity contribution in [1.82, 2.24) is 9.55 Å². The Morgan fingerprint density at radius 3 is 2.52 bits per heavy atom. The molecule has 5 heteroatoms. The largest absolute Gasteiger partial charge is 0.497 e. The minimum atomic E-state index is 0.528. The summed E-state index contributed by atoms with van der Waals surface area (Å²) in [7, 11) is 1.65. The summed E-state index contributed by atoms with van der Waals surface area (Å²) in [4.78, 5) is 4.70. The number of rotatable bonds is 6. The maximum atomic E-state index is 5.87. The highest BCUT2D eigenvalue weighted by atomic mass is 16.5. The van der Waals surface area contributed by atoms with E-state index in [1.54, 1.807) is 13.4 Å². The summed E-state index contributed by atoms with van der Waals surface area (Å²) in [5.41, 5.74) is 2.01. The number of ether oxygens (including phenoxy) is 2. The van der Waals surface area contributed by atoms with Crippen molar-refractivity contribution in [2.75, 3.05) is 13.7 Å². The predicted octanol–water partition coefficient (Wildman–Crippen LogP) is 4.38.